The van der Waals surface area contributed by atoms with E-state index in [1.54, 1.807) is 24.8 Å². The van der Waals surface area contributed by atoms with Gasteiger partial charge in [0.2, 0.25) is 0 Å². The summed E-state index contributed by atoms with van der Waals surface area (Å²) in [5.41, 5.74) is 1.46. The maximum atomic E-state index is 13.0. The van der Waals surface area contributed by atoms with Gasteiger partial charge in [0.05, 0.1) is 5.56 Å². The van der Waals surface area contributed by atoms with Crippen LogP contribution >= 0.6 is 11.8 Å². The molecule has 0 saturated heterocycles. The van der Waals surface area contributed by atoms with Crippen LogP contribution < -0.4 is 9.47 Å². The number of furan rings is 1. The van der Waals surface area contributed by atoms with Gasteiger partial charge >= 0.3 is 12.1 Å². The quantitative estimate of drug-likeness (QED) is 0.187. The van der Waals surface area contributed by atoms with Crippen LogP contribution in [0, 0.1) is 6.92 Å². The average molecular weight is 557 g/mol. The summed E-state index contributed by atoms with van der Waals surface area (Å²) in [6.07, 6.45) is -4.98. The Balaban J connectivity index is 1.53. The van der Waals surface area contributed by atoms with Crippen molar-refractivity contribution in [3.05, 3.63) is 101 Å². The second kappa shape index (κ2) is 12.3. The number of para-hydroxylation sites is 1. The Kier molecular flexibility index (Phi) is 8.91. The van der Waals surface area contributed by atoms with Gasteiger partial charge in [-0.05, 0) is 67.4 Å². The number of ether oxygens (including phenoxy) is 2. The molecule has 4 aromatic rings. The van der Waals surface area contributed by atoms with E-state index in [9.17, 15) is 23.1 Å². The van der Waals surface area contributed by atoms with E-state index in [0.717, 1.165) is 28.2 Å². The summed E-state index contributed by atoms with van der Waals surface area (Å²) in [6, 6.07) is 21.5. The molecule has 0 bridgehead atoms. The summed E-state index contributed by atoms with van der Waals surface area (Å²) in [5.74, 6) is 1.71. The molecule has 1 unspecified atom stereocenters. The third-order valence-corrected chi connectivity index (χ3v) is 7.01. The number of benzene rings is 3. The largest absolute Gasteiger partial charge is 0.486 e. The fourth-order valence-electron chi connectivity index (χ4n) is 3.81. The number of carboxylic acids is 1. The second-order valence-corrected chi connectivity index (χ2v) is 9.85. The summed E-state index contributed by atoms with van der Waals surface area (Å²) in [4.78, 5) is 12.3. The number of hydrogen-bond acceptors (Lipinski definition) is 5. The highest BCUT2D eigenvalue weighted by molar-refractivity contribution is 7.98. The van der Waals surface area contributed by atoms with Gasteiger partial charge in [-0.1, -0.05) is 37.3 Å². The minimum atomic E-state index is -4.41. The molecule has 0 aliphatic carbocycles. The van der Waals surface area contributed by atoms with Gasteiger partial charge < -0.3 is 19.0 Å². The Labute approximate surface area is 228 Å². The topological polar surface area (TPSA) is 68.9 Å². The number of hydrogen-bond donors (Lipinski definition) is 1. The van der Waals surface area contributed by atoms with E-state index in [-0.39, 0.29) is 6.61 Å². The zero-order chi connectivity index (χ0) is 28.0. The molecule has 4 rings (SSSR count). The van der Waals surface area contributed by atoms with E-state index in [1.165, 1.54) is 12.1 Å². The van der Waals surface area contributed by atoms with Gasteiger partial charge in [-0.15, -0.1) is 11.8 Å². The predicted molar refractivity (Wildman–Crippen MR) is 143 cm³/mol. The molecule has 0 saturated carbocycles. The van der Waals surface area contributed by atoms with Crippen molar-refractivity contribution in [3.8, 4) is 22.8 Å². The van der Waals surface area contributed by atoms with Crippen LogP contribution in [-0.4, -0.2) is 17.2 Å². The summed E-state index contributed by atoms with van der Waals surface area (Å²) in [5, 5.41) is 9.27. The third kappa shape index (κ3) is 7.38. The first kappa shape index (κ1) is 28.2. The van der Waals surface area contributed by atoms with Gasteiger partial charge in [0.25, 0.3) is 0 Å². The smallest absolute Gasteiger partial charge is 0.416 e. The predicted octanol–water partition coefficient (Wildman–Crippen LogP) is 8.39. The van der Waals surface area contributed by atoms with E-state index >= 15 is 0 Å². The molecule has 204 valence electrons. The molecule has 3 aromatic carbocycles. The number of aryl methyl sites for hydroxylation is 1. The van der Waals surface area contributed by atoms with Crippen LogP contribution in [0.5, 0.6) is 11.5 Å². The van der Waals surface area contributed by atoms with Crippen molar-refractivity contribution < 1.29 is 37.0 Å². The Morgan fingerprint density at radius 1 is 1.03 bits per heavy atom. The molecule has 0 fully saturated rings. The van der Waals surface area contributed by atoms with Gasteiger partial charge in [0.1, 0.15) is 29.6 Å². The Morgan fingerprint density at radius 3 is 2.36 bits per heavy atom. The van der Waals surface area contributed by atoms with Gasteiger partial charge in [0, 0.05) is 21.8 Å². The highest BCUT2D eigenvalue weighted by Gasteiger charge is 2.30. The van der Waals surface area contributed by atoms with Crippen LogP contribution in [0.25, 0.3) is 11.3 Å². The molecule has 1 heterocycles. The minimum absolute atomic E-state index is 0.153. The van der Waals surface area contributed by atoms with Crippen LogP contribution in [0.4, 0.5) is 13.2 Å². The molecule has 5 nitrogen and oxygen atoms in total. The first-order chi connectivity index (χ1) is 18.6. The molecule has 0 amide bonds. The third-order valence-electron chi connectivity index (χ3n) is 5.96. The second-order valence-electron chi connectivity index (χ2n) is 8.80. The van der Waals surface area contributed by atoms with Crippen molar-refractivity contribution in [2.45, 2.75) is 49.8 Å². The van der Waals surface area contributed by atoms with E-state index in [2.05, 4.69) is 0 Å². The number of rotatable bonds is 11. The van der Waals surface area contributed by atoms with Gasteiger partial charge in [-0.2, -0.15) is 13.2 Å². The monoisotopic (exact) mass is 556 g/mol. The Hall–Kier alpha value is -3.85. The lowest BCUT2D eigenvalue weighted by Gasteiger charge is -2.15. The van der Waals surface area contributed by atoms with E-state index in [0.29, 0.717) is 40.8 Å². The van der Waals surface area contributed by atoms with Crippen molar-refractivity contribution in [3.63, 3.8) is 0 Å². The van der Waals surface area contributed by atoms with Crippen molar-refractivity contribution in [2.24, 2.45) is 0 Å². The summed E-state index contributed by atoms with van der Waals surface area (Å²) in [7, 11) is 0. The fourth-order valence-corrected chi connectivity index (χ4v) is 4.80. The van der Waals surface area contributed by atoms with Crippen LogP contribution in [0.1, 0.15) is 35.8 Å². The molecular formula is C30H27F3O5S. The van der Waals surface area contributed by atoms with Crippen molar-refractivity contribution >= 4 is 17.7 Å². The molecule has 1 aromatic heterocycles. The SMILES string of the molecule is CCC(Oc1ccc(SCc2cc(-c3ccc(C(F)(F)F)cc3)oc2COc2ccccc2)cc1C)C(=O)O. The molecular weight excluding hydrogens is 529 g/mol. The zero-order valence-corrected chi connectivity index (χ0v) is 22.1. The van der Waals surface area contributed by atoms with Crippen LogP contribution in [-0.2, 0) is 23.3 Å². The number of aliphatic carboxylic acids is 1. The first-order valence-electron chi connectivity index (χ1n) is 12.2. The summed E-state index contributed by atoms with van der Waals surface area (Å²) < 4.78 is 56.6. The van der Waals surface area contributed by atoms with Gasteiger partial charge in [-0.25, -0.2) is 4.79 Å². The number of thioether (sulfide) groups is 1. The normalized spacial score (nSPS) is 12.2. The summed E-state index contributed by atoms with van der Waals surface area (Å²) in [6.45, 7) is 3.76. The number of halogens is 3. The maximum Gasteiger partial charge on any atom is 0.416 e. The lowest BCUT2D eigenvalue weighted by molar-refractivity contribution is -0.145. The lowest BCUT2D eigenvalue weighted by atomic mass is 10.1. The van der Waals surface area contributed by atoms with Gasteiger partial charge in [-0.3, -0.25) is 0 Å². The van der Waals surface area contributed by atoms with Crippen LogP contribution in [0.15, 0.2) is 88.2 Å². The van der Waals surface area contributed by atoms with Crippen LogP contribution in [0.2, 0.25) is 0 Å². The lowest BCUT2D eigenvalue weighted by Crippen LogP contribution is -2.26. The molecule has 0 aliphatic heterocycles. The Morgan fingerprint density at radius 2 is 1.74 bits per heavy atom. The standard InChI is InChI=1S/C30H27F3O5S/c1-3-25(29(34)35)37-26-14-13-24(15-19(26)2)39-18-21-16-27(20-9-11-22(12-10-20)30(31,32)33)38-28(21)17-36-23-7-5-4-6-8-23/h4-16,25H,3,17-18H2,1-2H3,(H,34,35). The number of carboxylic acid groups (broad SMARTS) is 1. The van der Waals surface area contributed by atoms with Gasteiger partial charge in [0.15, 0.2) is 6.10 Å². The van der Waals surface area contributed by atoms with Crippen molar-refractivity contribution in [1.29, 1.82) is 0 Å². The maximum absolute atomic E-state index is 13.0. The van der Waals surface area contributed by atoms with E-state index in [1.807, 2.05) is 55.5 Å². The highest BCUT2D eigenvalue weighted by atomic mass is 32.2. The van der Waals surface area contributed by atoms with Crippen molar-refractivity contribution in [1.82, 2.24) is 0 Å². The summed E-state index contributed by atoms with van der Waals surface area (Å²) >= 11 is 1.54. The molecule has 0 spiro atoms. The average Bonchev–Trinajstić information content (AvgIpc) is 3.33. The van der Waals surface area contributed by atoms with E-state index in [4.69, 9.17) is 13.9 Å². The Bertz CT molecular complexity index is 1400. The molecule has 0 aliphatic rings. The fraction of sp³-hybridized carbons (Fsp3) is 0.233. The zero-order valence-electron chi connectivity index (χ0n) is 21.3. The first-order valence-corrected chi connectivity index (χ1v) is 13.2. The van der Waals surface area contributed by atoms with Crippen molar-refractivity contribution in [2.75, 3.05) is 0 Å². The molecule has 1 atom stereocenters. The number of carbonyl (C=O) groups is 1. The molecule has 0 radical (unpaired) electrons. The number of alkyl halides is 3. The van der Waals surface area contributed by atoms with E-state index < -0.39 is 23.8 Å². The molecule has 9 heteroatoms. The minimum Gasteiger partial charge on any atom is -0.486 e. The molecule has 39 heavy (non-hydrogen) atoms. The molecule has 1 N–H and O–H groups in total. The highest BCUT2D eigenvalue weighted by Crippen LogP contribution is 2.35. The van der Waals surface area contributed by atoms with Crippen LogP contribution in [0.3, 0.4) is 0 Å².